The van der Waals surface area contributed by atoms with Gasteiger partial charge in [-0.2, -0.15) is 4.37 Å². The van der Waals surface area contributed by atoms with Crippen molar-refractivity contribution in [2.75, 3.05) is 0 Å². The zero-order valence-electron chi connectivity index (χ0n) is 9.80. The lowest BCUT2D eigenvalue weighted by molar-refractivity contribution is 0.0690. The van der Waals surface area contributed by atoms with E-state index in [-0.39, 0.29) is 5.69 Å². The minimum Gasteiger partial charge on any atom is -0.476 e. The molecule has 1 heterocycles. The Kier molecular flexibility index (Phi) is 2.88. The number of aryl methyl sites for hydroxylation is 1. The Morgan fingerprint density at radius 1 is 1.33 bits per heavy atom. The molecule has 2 aromatic rings. The van der Waals surface area contributed by atoms with E-state index in [0.717, 1.165) is 29.7 Å². The van der Waals surface area contributed by atoms with Crippen LogP contribution in [0.3, 0.4) is 0 Å². The molecule has 3 nitrogen and oxygen atoms in total. The lowest BCUT2D eigenvalue weighted by Gasteiger charge is -2.22. The Morgan fingerprint density at radius 3 is 2.83 bits per heavy atom. The number of fused-ring (bicyclic) bond motifs is 1. The van der Waals surface area contributed by atoms with E-state index in [1.165, 1.54) is 17.1 Å². The first-order valence-electron chi connectivity index (χ1n) is 6.01. The van der Waals surface area contributed by atoms with Gasteiger partial charge in [-0.25, -0.2) is 4.79 Å². The molecule has 0 saturated heterocycles. The Morgan fingerprint density at radius 2 is 2.11 bits per heavy atom. The van der Waals surface area contributed by atoms with E-state index in [0.29, 0.717) is 5.92 Å². The highest BCUT2D eigenvalue weighted by Gasteiger charge is 2.27. The molecule has 0 aliphatic heterocycles. The Labute approximate surface area is 109 Å². The number of nitrogens with zero attached hydrogens (tertiary/aromatic N) is 1. The van der Waals surface area contributed by atoms with Crippen LogP contribution in [0, 0.1) is 0 Å². The molecule has 0 radical (unpaired) electrons. The summed E-state index contributed by atoms with van der Waals surface area (Å²) in [5.41, 5.74) is 2.51. The number of rotatable bonds is 2. The average Bonchev–Trinajstić information content (AvgIpc) is 2.82. The first-order chi connectivity index (χ1) is 8.75. The van der Waals surface area contributed by atoms with Crippen molar-refractivity contribution in [1.82, 2.24) is 4.37 Å². The SMILES string of the molecule is O=C(O)c1nsc2c1CC(c1ccccc1)CC2. The number of benzene rings is 1. The second-order valence-electron chi connectivity index (χ2n) is 4.59. The maximum atomic E-state index is 11.1. The van der Waals surface area contributed by atoms with E-state index in [9.17, 15) is 4.79 Å². The van der Waals surface area contributed by atoms with Crippen molar-refractivity contribution in [2.24, 2.45) is 0 Å². The summed E-state index contributed by atoms with van der Waals surface area (Å²) in [5, 5.41) is 9.13. The van der Waals surface area contributed by atoms with Crippen LogP contribution in [-0.4, -0.2) is 15.4 Å². The molecule has 1 aliphatic rings. The van der Waals surface area contributed by atoms with Gasteiger partial charge in [0.1, 0.15) is 0 Å². The first kappa shape index (κ1) is 11.4. The molecule has 0 fully saturated rings. The van der Waals surface area contributed by atoms with Gasteiger partial charge in [0.15, 0.2) is 5.69 Å². The van der Waals surface area contributed by atoms with Crippen molar-refractivity contribution in [3.05, 3.63) is 52.0 Å². The lowest BCUT2D eigenvalue weighted by atomic mass is 9.83. The summed E-state index contributed by atoms with van der Waals surface area (Å²) in [7, 11) is 0. The van der Waals surface area contributed by atoms with Crippen molar-refractivity contribution in [2.45, 2.75) is 25.2 Å². The zero-order chi connectivity index (χ0) is 12.5. The lowest BCUT2D eigenvalue weighted by Crippen LogP contribution is -2.14. The van der Waals surface area contributed by atoms with E-state index >= 15 is 0 Å². The minimum atomic E-state index is -0.902. The fourth-order valence-corrected chi connectivity index (χ4v) is 3.47. The van der Waals surface area contributed by atoms with E-state index in [1.807, 2.05) is 18.2 Å². The van der Waals surface area contributed by atoms with E-state index in [2.05, 4.69) is 16.5 Å². The van der Waals surface area contributed by atoms with E-state index in [4.69, 9.17) is 5.11 Å². The van der Waals surface area contributed by atoms with Crippen LogP contribution in [-0.2, 0) is 12.8 Å². The van der Waals surface area contributed by atoms with Gasteiger partial charge in [-0.3, -0.25) is 0 Å². The number of hydrogen-bond acceptors (Lipinski definition) is 3. The van der Waals surface area contributed by atoms with Crippen LogP contribution in [0.25, 0.3) is 0 Å². The molecule has 1 aromatic heterocycles. The summed E-state index contributed by atoms with van der Waals surface area (Å²) >= 11 is 1.35. The molecule has 0 amide bonds. The Balaban J connectivity index is 1.93. The molecular weight excluding hydrogens is 246 g/mol. The molecule has 1 atom stereocenters. The number of aromatic nitrogens is 1. The number of carbonyl (C=O) groups is 1. The normalized spacial score (nSPS) is 18.3. The van der Waals surface area contributed by atoms with Gasteiger partial charge in [-0.15, -0.1) is 0 Å². The molecule has 1 aromatic carbocycles. The van der Waals surface area contributed by atoms with Gasteiger partial charge >= 0.3 is 5.97 Å². The van der Waals surface area contributed by atoms with Crippen molar-refractivity contribution in [3.63, 3.8) is 0 Å². The molecule has 0 bridgehead atoms. The highest BCUT2D eigenvalue weighted by atomic mass is 32.1. The predicted molar refractivity (Wildman–Crippen MR) is 70.3 cm³/mol. The molecule has 1 unspecified atom stereocenters. The topological polar surface area (TPSA) is 50.2 Å². The molecular formula is C14H13NO2S. The third kappa shape index (κ3) is 1.93. The molecule has 4 heteroatoms. The largest absolute Gasteiger partial charge is 0.476 e. The van der Waals surface area contributed by atoms with Gasteiger partial charge in [0, 0.05) is 10.4 Å². The standard InChI is InChI=1S/C14H13NO2S/c16-14(17)13-11-8-10(6-7-12(11)18-15-13)9-4-2-1-3-5-9/h1-5,10H,6-8H2,(H,16,17). The summed E-state index contributed by atoms with van der Waals surface area (Å²) in [6.45, 7) is 0. The van der Waals surface area contributed by atoms with Crippen LogP contribution in [0.15, 0.2) is 30.3 Å². The third-order valence-electron chi connectivity index (χ3n) is 3.51. The quantitative estimate of drug-likeness (QED) is 0.901. The van der Waals surface area contributed by atoms with Crippen molar-refractivity contribution >= 4 is 17.5 Å². The number of aromatic carboxylic acids is 1. The molecule has 1 N–H and O–H groups in total. The van der Waals surface area contributed by atoms with Gasteiger partial charge in [0.25, 0.3) is 0 Å². The van der Waals surface area contributed by atoms with Gasteiger partial charge in [-0.1, -0.05) is 30.3 Å². The summed E-state index contributed by atoms with van der Waals surface area (Å²) in [5.74, 6) is -0.477. The maximum Gasteiger partial charge on any atom is 0.355 e. The molecule has 92 valence electrons. The van der Waals surface area contributed by atoms with Crippen molar-refractivity contribution < 1.29 is 9.90 Å². The summed E-state index contributed by atoms with van der Waals surface area (Å²) in [6.07, 6.45) is 2.83. The highest BCUT2D eigenvalue weighted by Crippen LogP contribution is 2.36. The second kappa shape index (κ2) is 4.53. The molecule has 3 rings (SSSR count). The molecule has 1 aliphatic carbocycles. The maximum absolute atomic E-state index is 11.1. The molecule has 18 heavy (non-hydrogen) atoms. The third-order valence-corrected chi connectivity index (χ3v) is 4.46. The monoisotopic (exact) mass is 259 g/mol. The summed E-state index contributed by atoms with van der Waals surface area (Å²) < 4.78 is 4.07. The summed E-state index contributed by atoms with van der Waals surface area (Å²) in [4.78, 5) is 12.3. The Bertz CT molecular complexity index is 577. The van der Waals surface area contributed by atoms with E-state index in [1.54, 1.807) is 0 Å². The van der Waals surface area contributed by atoms with Crippen LogP contribution < -0.4 is 0 Å². The highest BCUT2D eigenvalue weighted by molar-refractivity contribution is 7.06. The number of carboxylic acids is 1. The van der Waals surface area contributed by atoms with Crippen LogP contribution >= 0.6 is 11.5 Å². The van der Waals surface area contributed by atoms with Gasteiger partial charge in [0.05, 0.1) is 0 Å². The van der Waals surface area contributed by atoms with Crippen LogP contribution in [0.5, 0.6) is 0 Å². The molecule has 0 saturated carbocycles. The molecule has 0 spiro atoms. The fourth-order valence-electron chi connectivity index (χ4n) is 2.58. The zero-order valence-corrected chi connectivity index (χ0v) is 10.6. The summed E-state index contributed by atoms with van der Waals surface area (Å²) in [6, 6.07) is 10.3. The minimum absolute atomic E-state index is 0.260. The van der Waals surface area contributed by atoms with Crippen LogP contribution in [0.4, 0.5) is 0 Å². The Hall–Kier alpha value is -1.68. The number of carboxylic acid groups (broad SMARTS) is 1. The van der Waals surface area contributed by atoms with Crippen LogP contribution in [0.1, 0.15) is 38.8 Å². The second-order valence-corrected chi connectivity index (χ2v) is 5.45. The van der Waals surface area contributed by atoms with Crippen LogP contribution in [0.2, 0.25) is 0 Å². The number of hydrogen-bond donors (Lipinski definition) is 1. The van der Waals surface area contributed by atoms with Gasteiger partial charge in [0.2, 0.25) is 0 Å². The predicted octanol–water partition coefficient (Wildman–Crippen LogP) is 3.11. The smallest absolute Gasteiger partial charge is 0.355 e. The van der Waals surface area contributed by atoms with E-state index < -0.39 is 5.97 Å². The van der Waals surface area contributed by atoms with Gasteiger partial charge < -0.3 is 5.11 Å². The average molecular weight is 259 g/mol. The van der Waals surface area contributed by atoms with Gasteiger partial charge in [-0.05, 0) is 42.3 Å². The fraction of sp³-hybridized carbons (Fsp3) is 0.286. The van der Waals surface area contributed by atoms with Crippen molar-refractivity contribution in [3.8, 4) is 0 Å². The van der Waals surface area contributed by atoms with Crippen molar-refractivity contribution in [1.29, 1.82) is 0 Å². The first-order valence-corrected chi connectivity index (χ1v) is 6.78.